The number of carbonyl (C=O) groups excluding carboxylic acids is 2. The van der Waals surface area contributed by atoms with Gasteiger partial charge in [-0.25, -0.2) is 23.0 Å². The topological polar surface area (TPSA) is 68.3 Å². The van der Waals surface area contributed by atoms with Gasteiger partial charge in [0.25, 0.3) is 0 Å². The smallest absolute Gasteiger partial charge is 0.429 e. The Morgan fingerprint density at radius 3 is 2.16 bits per heavy atom. The van der Waals surface area contributed by atoms with E-state index in [0.29, 0.717) is 17.0 Å². The van der Waals surface area contributed by atoms with E-state index in [2.05, 4.69) is 38.6 Å². The van der Waals surface area contributed by atoms with Crippen molar-refractivity contribution in [3.63, 3.8) is 0 Å². The number of ether oxygens (including phenoxy) is 2. The van der Waals surface area contributed by atoms with Crippen LogP contribution in [0.15, 0.2) is 30.3 Å². The summed E-state index contributed by atoms with van der Waals surface area (Å²) in [4.78, 5) is 25.5. The van der Waals surface area contributed by atoms with Crippen LogP contribution in [0.3, 0.4) is 0 Å². The van der Waals surface area contributed by atoms with Gasteiger partial charge in [0.15, 0.2) is 20.0 Å². The van der Waals surface area contributed by atoms with Crippen molar-refractivity contribution in [3.8, 4) is 0 Å². The lowest BCUT2D eigenvalue weighted by atomic mass is 10.1. The summed E-state index contributed by atoms with van der Waals surface area (Å²) in [6.07, 6.45) is -2.06. The number of amides is 1. The molecule has 7 nitrogen and oxygen atoms in total. The summed E-state index contributed by atoms with van der Waals surface area (Å²) in [6, 6.07) is 7.76. The standard InChI is InChI=1S/C31H44ClF3N2O5Si/c1-11-15-36(24-18-23(33)22(17-26(38)40-8)27(34)28(24)35)37(29(39)41-30(2,3)4)19-25(20-13-12-14-21(32)16-20)42-43(9,10)31(5,6)7/h12-14,16,18,25H,11,15,17,19H2,1-10H3/t25-/m1/s1. The molecular formula is C31H44ClF3N2O5Si. The van der Waals surface area contributed by atoms with Crippen molar-refractivity contribution in [2.24, 2.45) is 0 Å². The van der Waals surface area contributed by atoms with E-state index in [0.717, 1.165) is 23.2 Å². The number of hydrogen-bond donors (Lipinski definition) is 0. The lowest BCUT2D eigenvalue weighted by Crippen LogP contribution is -2.53. The van der Waals surface area contributed by atoms with Crippen LogP contribution in [-0.4, -0.2) is 51.2 Å². The fourth-order valence-corrected chi connectivity index (χ4v) is 5.44. The third-order valence-electron chi connectivity index (χ3n) is 7.19. The fraction of sp³-hybridized carbons (Fsp3) is 0.548. The van der Waals surface area contributed by atoms with Crippen LogP contribution < -0.4 is 5.01 Å². The van der Waals surface area contributed by atoms with Crippen molar-refractivity contribution < 1.29 is 36.7 Å². The molecule has 1 amide bonds. The van der Waals surface area contributed by atoms with E-state index < -0.39 is 67.2 Å². The molecule has 0 aliphatic carbocycles. The highest BCUT2D eigenvalue weighted by Gasteiger charge is 2.41. The fourth-order valence-electron chi connectivity index (χ4n) is 3.96. The Labute approximate surface area is 259 Å². The van der Waals surface area contributed by atoms with Crippen molar-refractivity contribution in [1.82, 2.24) is 5.01 Å². The molecule has 0 spiro atoms. The first kappa shape index (κ1) is 36.4. The quantitative estimate of drug-likeness (QED) is 0.106. The maximum atomic E-state index is 15.7. The minimum absolute atomic E-state index is 0.00620. The molecule has 12 heteroatoms. The van der Waals surface area contributed by atoms with E-state index >= 15 is 13.2 Å². The zero-order valence-corrected chi connectivity index (χ0v) is 28.5. The van der Waals surface area contributed by atoms with E-state index in [-0.39, 0.29) is 18.1 Å². The van der Waals surface area contributed by atoms with Gasteiger partial charge < -0.3 is 13.9 Å². The minimum atomic E-state index is -2.48. The first-order chi connectivity index (χ1) is 19.7. The van der Waals surface area contributed by atoms with E-state index in [1.165, 1.54) is 0 Å². The Balaban J connectivity index is 2.77. The zero-order chi connectivity index (χ0) is 32.9. The van der Waals surface area contributed by atoms with E-state index in [1.807, 2.05) is 6.07 Å². The van der Waals surface area contributed by atoms with E-state index in [1.54, 1.807) is 45.9 Å². The van der Waals surface area contributed by atoms with Gasteiger partial charge in [0.1, 0.15) is 11.4 Å². The summed E-state index contributed by atoms with van der Waals surface area (Å²) in [5.74, 6) is -5.06. The Bertz CT molecular complexity index is 1300. The van der Waals surface area contributed by atoms with Crippen molar-refractivity contribution in [1.29, 1.82) is 0 Å². The van der Waals surface area contributed by atoms with Gasteiger partial charge in [-0.1, -0.05) is 51.4 Å². The summed E-state index contributed by atoms with van der Waals surface area (Å²) in [5.41, 5.74) is -1.59. The first-order valence-electron chi connectivity index (χ1n) is 14.2. The molecule has 2 aromatic carbocycles. The molecule has 240 valence electrons. The largest absolute Gasteiger partial charge is 0.469 e. The zero-order valence-electron chi connectivity index (χ0n) is 26.7. The summed E-state index contributed by atoms with van der Waals surface area (Å²) < 4.78 is 63.2. The van der Waals surface area contributed by atoms with Crippen LogP contribution in [0, 0.1) is 17.5 Å². The molecule has 2 rings (SSSR count). The lowest BCUT2D eigenvalue weighted by Gasteiger charge is -2.43. The van der Waals surface area contributed by atoms with E-state index in [4.69, 9.17) is 20.8 Å². The van der Waals surface area contributed by atoms with Crippen LogP contribution >= 0.6 is 11.6 Å². The number of esters is 1. The van der Waals surface area contributed by atoms with Gasteiger partial charge in [-0.3, -0.25) is 9.80 Å². The van der Waals surface area contributed by atoms with E-state index in [9.17, 15) is 9.59 Å². The van der Waals surface area contributed by atoms with Crippen LogP contribution in [0.2, 0.25) is 23.2 Å². The van der Waals surface area contributed by atoms with Gasteiger partial charge in [-0.2, -0.15) is 0 Å². The number of halogens is 4. The van der Waals surface area contributed by atoms with Crippen LogP contribution in [0.1, 0.15) is 72.1 Å². The number of benzene rings is 2. The number of rotatable bonds is 11. The second-order valence-corrected chi connectivity index (χ2v) is 18.0. The molecule has 1 atom stereocenters. The molecule has 0 bridgehead atoms. The van der Waals surface area contributed by atoms with Crippen LogP contribution in [0.5, 0.6) is 0 Å². The highest BCUT2D eigenvalue weighted by Crippen LogP contribution is 2.41. The molecule has 2 aromatic rings. The average Bonchev–Trinajstić information content (AvgIpc) is 2.88. The van der Waals surface area contributed by atoms with Gasteiger partial charge in [0, 0.05) is 23.2 Å². The Hall–Kier alpha value is -2.76. The molecule has 0 aliphatic heterocycles. The van der Waals surface area contributed by atoms with Gasteiger partial charge in [-0.05, 0) is 63.0 Å². The molecule has 0 heterocycles. The normalized spacial score (nSPS) is 13.0. The second kappa shape index (κ2) is 14.3. The van der Waals surface area contributed by atoms with Crippen molar-refractivity contribution in [2.75, 3.05) is 25.2 Å². The molecule has 0 unspecified atom stereocenters. The molecule has 0 saturated carbocycles. The number of hydrogen-bond acceptors (Lipinski definition) is 6. The van der Waals surface area contributed by atoms with Crippen LogP contribution in [-0.2, 0) is 25.1 Å². The summed E-state index contributed by atoms with van der Waals surface area (Å²) >= 11 is 6.34. The summed E-state index contributed by atoms with van der Waals surface area (Å²) in [5, 5.41) is 2.51. The number of hydrazine groups is 1. The molecule has 0 aromatic heterocycles. The Morgan fingerprint density at radius 2 is 1.65 bits per heavy atom. The van der Waals surface area contributed by atoms with Gasteiger partial charge in [0.05, 0.1) is 31.9 Å². The third-order valence-corrected chi connectivity index (χ3v) is 11.9. The predicted octanol–water partition coefficient (Wildman–Crippen LogP) is 8.60. The summed E-state index contributed by atoms with van der Waals surface area (Å²) in [6.45, 7) is 16.9. The molecular weight excluding hydrogens is 601 g/mol. The minimum Gasteiger partial charge on any atom is -0.469 e. The van der Waals surface area contributed by atoms with Gasteiger partial charge in [0.2, 0.25) is 0 Å². The maximum Gasteiger partial charge on any atom is 0.429 e. The first-order valence-corrected chi connectivity index (χ1v) is 17.5. The number of nitrogens with zero attached hydrogens (tertiary/aromatic N) is 2. The monoisotopic (exact) mass is 644 g/mol. The molecule has 0 aliphatic rings. The SMILES string of the molecule is CCCN(c1cc(F)c(CC(=O)OC)c(F)c1F)N(C[C@@H](O[Si](C)(C)C(C)(C)C)c1cccc(Cl)c1)C(=O)OC(C)(C)C. The Morgan fingerprint density at radius 1 is 1.02 bits per heavy atom. The molecule has 0 N–H and O–H groups in total. The van der Waals surface area contributed by atoms with Crippen molar-refractivity contribution in [2.45, 2.75) is 91.1 Å². The number of carbonyl (C=O) groups is 2. The molecule has 43 heavy (non-hydrogen) atoms. The van der Waals surface area contributed by atoms with Gasteiger partial charge in [-0.15, -0.1) is 0 Å². The maximum absolute atomic E-state index is 15.7. The number of methoxy groups -OCH3 is 1. The average molecular weight is 645 g/mol. The summed E-state index contributed by atoms with van der Waals surface area (Å²) in [7, 11) is -1.42. The highest BCUT2D eigenvalue weighted by atomic mass is 35.5. The second-order valence-electron chi connectivity index (χ2n) is 12.8. The molecule has 0 radical (unpaired) electrons. The predicted molar refractivity (Wildman–Crippen MR) is 165 cm³/mol. The number of anilines is 1. The highest BCUT2D eigenvalue weighted by molar-refractivity contribution is 6.74. The van der Waals surface area contributed by atoms with Crippen molar-refractivity contribution in [3.05, 3.63) is 63.9 Å². The van der Waals surface area contributed by atoms with Crippen molar-refractivity contribution >= 4 is 37.7 Å². The van der Waals surface area contributed by atoms with Crippen LogP contribution in [0.4, 0.5) is 23.7 Å². The van der Waals surface area contributed by atoms with Gasteiger partial charge >= 0.3 is 12.1 Å². The molecule has 0 fully saturated rings. The lowest BCUT2D eigenvalue weighted by molar-refractivity contribution is -0.139. The molecule has 0 saturated heterocycles. The van der Waals surface area contributed by atoms with Crippen LogP contribution in [0.25, 0.3) is 0 Å². The third kappa shape index (κ3) is 9.61. The Kier molecular flexibility index (Phi) is 12.2.